The average Bonchev–Trinajstić information content (AvgIpc) is 2.57. The molecule has 1 aromatic heterocycles. The standard InChI is InChI=1S/C18H12Cl2N2O/c19-13-9-7-12(8-10-13)14-4-1-2-6-16(14)22-18(23)15-5-3-11-21-17(15)20/h1-11H,(H,22,23)/i1D. The van der Waals surface area contributed by atoms with Gasteiger partial charge in [0.05, 0.1) is 6.93 Å². The molecule has 0 spiro atoms. The van der Waals surface area contributed by atoms with E-state index in [2.05, 4.69) is 10.3 Å². The highest BCUT2D eigenvalue weighted by Gasteiger charge is 2.13. The molecule has 2 aromatic carbocycles. The molecule has 3 nitrogen and oxygen atoms in total. The molecule has 1 N–H and O–H groups in total. The summed E-state index contributed by atoms with van der Waals surface area (Å²) in [6, 6.07) is 15.8. The zero-order chi connectivity index (χ0) is 17.1. The van der Waals surface area contributed by atoms with Gasteiger partial charge in [0.15, 0.2) is 0 Å². The van der Waals surface area contributed by atoms with Crippen LogP contribution in [0.5, 0.6) is 0 Å². The molecule has 0 fully saturated rings. The lowest BCUT2D eigenvalue weighted by atomic mass is 10.0. The van der Waals surface area contributed by atoms with Crippen LogP contribution in [-0.4, -0.2) is 10.9 Å². The van der Waals surface area contributed by atoms with E-state index in [0.717, 1.165) is 11.1 Å². The molecule has 3 aromatic rings. The number of hydrogen-bond acceptors (Lipinski definition) is 2. The Morgan fingerprint density at radius 1 is 1.04 bits per heavy atom. The molecule has 0 saturated heterocycles. The number of aromatic nitrogens is 1. The fourth-order valence-electron chi connectivity index (χ4n) is 2.15. The molecule has 1 amide bonds. The van der Waals surface area contributed by atoms with Crippen molar-refractivity contribution in [3.8, 4) is 11.1 Å². The number of benzene rings is 2. The molecular formula is C18H12Cl2N2O. The van der Waals surface area contributed by atoms with Gasteiger partial charge in [-0.05, 0) is 35.9 Å². The van der Waals surface area contributed by atoms with Gasteiger partial charge in [-0.3, -0.25) is 4.79 Å². The third-order valence-corrected chi connectivity index (χ3v) is 3.82. The summed E-state index contributed by atoms with van der Waals surface area (Å²) in [6.07, 6.45) is 1.52. The van der Waals surface area contributed by atoms with Crippen molar-refractivity contribution in [1.29, 1.82) is 0 Å². The third kappa shape index (κ3) is 3.52. The number of anilines is 1. The lowest BCUT2D eigenvalue weighted by Crippen LogP contribution is -2.13. The fraction of sp³-hybridized carbons (Fsp3) is 0. The van der Waals surface area contributed by atoms with Crippen LogP contribution >= 0.6 is 23.2 Å². The zero-order valence-electron chi connectivity index (χ0n) is 12.9. The van der Waals surface area contributed by atoms with Crippen LogP contribution in [0, 0.1) is 0 Å². The summed E-state index contributed by atoms with van der Waals surface area (Å²) in [6.45, 7) is 0. The first kappa shape index (κ1) is 14.2. The first-order valence-corrected chi connectivity index (χ1v) is 7.58. The van der Waals surface area contributed by atoms with Gasteiger partial charge < -0.3 is 5.32 Å². The van der Waals surface area contributed by atoms with Crippen molar-refractivity contribution in [3.05, 3.63) is 82.6 Å². The predicted octanol–water partition coefficient (Wildman–Crippen LogP) is 5.31. The van der Waals surface area contributed by atoms with E-state index in [0.29, 0.717) is 16.8 Å². The number of para-hydroxylation sites is 1. The summed E-state index contributed by atoms with van der Waals surface area (Å²) in [7, 11) is 0. The lowest BCUT2D eigenvalue weighted by Gasteiger charge is -2.12. The second kappa shape index (κ2) is 6.82. The maximum Gasteiger partial charge on any atom is 0.258 e. The number of carbonyl (C=O) groups is 1. The minimum absolute atomic E-state index is 0.139. The minimum Gasteiger partial charge on any atom is -0.321 e. The molecule has 0 atom stereocenters. The van der Waals surface area contributed by atoms with Crippen molar-refractivity contribution >= 4 is 34.8 Å². The molecule has 0 aliphatic rings. The smallest absolute Gasteiger partial charge is 0.258 e. The number of nitrogens with one attached hydrogen (secondary N) is 1. The van der Waals surface area contributed by atoms with Gasteiger partial charge in [0.1, 0.15) is 5.15 Å². The Bertz CT molecular complexity index is 898. The Kier molecular flexibility index (Phi) is 4.22. The highest BCUT2D eigenvalue weighted by molar-refractivity contribution is 6.33. The highest BCUT2D eigenvalue weighted by Crippen LogP contribution is 2.29. The third-order valence-electron chi connectivity index (χ3n) is 3.27. The monoisotopic (exact) mass is 343 g/mol. The molecule has 5 heteroatoms. The topological polar surface area (TPSA) is 42.0 Å². The van der Waals surface area contributed by atoms with Crippen LogP contribution < -0.4 is 5.32 Å². The van der Waals surface area contributed by atoms with Crippen LogP contribution in [-0.2, 0) is 0 Å². The Morgan fingerprint density at radius 3 is 2.57 bits per heavy atom. The number of carbonyl (C=O) groups excluding carboxylic acids is 1. The summed E-state index contributed by atoms with van der Waals surface area (Å²) in [5, 5.41) is 3.59. The van der Waals surface area contributed by atoms with Gasteiger partial charge in [-0.1, -0.05) is 53.5 Å². The summed E-state index contributed by atoms with van der Waals surface area (Å²) in [5.74, 6) is -0.360. The average molecular weight is 344 g/mol. The maximum atomic E-state index is 12.5. The van der Waals surface area contributed by atoms with E-state index in [1.165, 1.54) is 6.20 Å². The van der Waals surface area contributed by atoms with Gasteiger partial charge >= 0.3 is 0 Å². The van der Waals surface area contributed by atoms with Crippen LogP contribution in [0.4, 0.5) is 5.69 Å². The van der Waals surface area contributed by atoms with Crippen molar-refractivity contribution in [2.45, 2.75) is 0 Å². The molecule has 0 unspecified atom stereocenters. The van der Waals surface area contributed by atoms with E-state index < -0.39 is 0 Å². The van der Waals surface area contributed by atoms with Gasteiger partial charge in [-0.2, -0.15) is 0 Å². The first-order chi connectivity index (χ1) is 11.5. The molecule has 0 aliphatic heterocycles. The Hall–Kier alpha value is -2.36. The van der Waals surface area contributed by atoms with Gasteiger partial charge in [-0.15, -0.1) is 0 Å². The van der Waals surface area contributed by atoms with Crippen LogP contribution in [0.15, 0.2) is 66.8 Å². The van der Waals surface area contributed by atoms with E-state index in [1.807, 2.05) is 12.1 Å². The van der Waals surface area contributed by atoms with E-state index in [-0.39, 0.29) is 16.6 Å². The van der Waals surface area contributed by atoms with Gasteiger partial charge in [-0.25, -0.2) is 4.98 Å². The lowest BCUT2D eigenvalue weighted by molar-refractivity contribution is 0.102. The Balaban J connectivity index is 1.98. The van der Waals surface area contributed by atoms with Crippen molar-refractivity contribution < 1.29 is 6.17 Å². The predicted molar refractivity (Wildman–Crippen MR) is 94.1 cm³/mol. The normalized spacial score (nSPS) is 11.0. The maximum absolute atomic E-state index is 12.5. The first-order valence-electron chi connectivity index (χ1n) is 7.33. The second-order valence-corrected chi connectivity index (χ2v) is 5.57. The number of pyridine rings is 1. The molecular weight excluding hydrogens is 331 g/mol. The minimum atomic E-state index is -0.360. The second-order valence-electron chi connectivity index (χ2n) is 4.77. The van der Waals surface area contributed by atoms with E-state index >= 15 is 0 Å². The fourth-order valence-corrected chi connectivity index (χ4v) is 2.48. The van der Waals surface area contributed by atoms with Crippen molar-refractivity contribution in [2.75, 3.05) is 5.32 Å². The molecule has 0 saturated carbocycles. The van der Waals surface area contributed by atoms with Crippen molar-refractivity contribution in [1.82, 2.24) is 4.98 Å². The number of rotatable bonds is 3. The van der Waals surface area contributed by atoms with Crippen LogP contribution in [0.3, 0.4) is 0 Å². The summed E-state index contributed by atoms with van der Waals surface area (Å²) >= 11 is 11.9. The van der Waals surface area contributed by atoms with Crippen LogP contribution in [0.2, 0.25) is 10.2 Å². The van der Waals surface area contributed by atoms with Crippen molar-refractivity contribution in [2.24, 2.45) is 0 Å². The summed E-state index contributed by atoms with van der Waals surface area (Å²) in [5.41, 5.74) is 2.45. The summed E-state index contributed by atoms with van der Waals surface area (Å²) < 4.78 is 7.83. The number of hydrogen-bond donors (Lipinski definition) is 1. The van der Waals surface area contributed by atoms with E-state index in [4.69, 9.17) is 24.6 Å². The highest BCUT2D eigenvalue weighted by atomic mass is 35.5. The quantitative estimate of drug-likeness (QED) is 0.655. The van der Waals surface area contributed by atoms with Gasteiger partial charge in [0, 0.05) is 22.5 Å². The number of nitrogens with zero attached hydrogens (tertiary/aromatic N) is 1. The molecule has 1 heterocycles. The van der Waals surface area contributed by atoms with Gasteiger partial charge in [0.2, 0.25) is 0 Å². The number of amides is 1. The zero-order valence-corrected chi connectivity index (χ0v) is 13.4. The van der Waals surface area contributed by atoms with E-state index in [1.54, 1.807) is 42.5 Å². The van der Waals surface area contributed by atoms with Gasteiger partial charge in [0.25, 0.3) is 5.91 Å². The molecule has 0 aliphatic carbocycles. The SMILES string of the molecule is [2H]c1ccc(NC(=O)c2cccnc2Cl)c(-c2ccc(Cl)cc2)c1. The molecule has 0 radical (unpaired) electrons. The van der Waals surface area contributed by atoms with Crippen molar-refractivity contribution in [3.63, 3.8) is 0 Å². The largest absolute Gasteiger partial charge is 0.321 e. The molecule has 3 rings (SSSR count). The van der Waals surface area contributed by atoms with E-state index in [9.17, 15) is 4.79 Å². The summed E-state index contributed by atoms with van der Waals surface area (Å²) in [4.78, 5) is 16.4. The van der Waals surface area contributed by atoms with Crippen LogP contribution in [0.25, 0.3) is 11.1 Å². The Morgan fingerprint density at radius 2 is 1.83 bits per heavy atom. The molecule has 114 valence electrons. The number of halogens is 2. The molecule has 0 bridgehead atoms. The molecule has 23 heavy (non-hydrogen) atoms. The Labute approximate surface area is 145 Å². The van der Waals surface area contributed by atoms with Crippen LogP contribution in [0.1, 0.15) is 11.7 Å².